The number of rotatable bonds is 3. The molecule has 17 heavy (non-hydrogen) atoms. The van der Waals surface area contributed by atoms with Gasteiger partial charge in [0.15, 0.2) is 0 Å². The van der Waals surface area contributed by atoms with Gasteiger partial charge >= 0.3 is 0 Å². The maximum absolute atomic E-state index is 12.1. The maximum atomic E-state index is 12.1. The fraction of sp³-hybridized carbons (Fsp3) is 0.417. The van der Waals surface area contributed by atoms with Gasteiger partial charge in [0.05, 0.1) is 10.5 Å². The van der Waals surface area contributed by atoms with Crippen LogP contribution in [-0.2, 0) is 0 Å². The zero-order valence-corrected chi connectivity index (χ0v) is 10.3. The van der Waals surface area contributed by atoms with Gasteiger partial charge in [-0.1, -0.05) is 25.1 Å². The zero-order chi connectivity index (χ0) is 12.3. The first-order valence-electron chi connectivity index (χ1n) is 5.66. The number of hydrogen-bond acceptors (Lipinski definition) is 3. The molecule has 0 atom stereocenters. The summed E-state index contributed by atoms with van der Waals surface area (Å²) in [5.74, 6) is -0.137. The lowest BCUT2D eigenvalue weighted by Crippen LogP contribution is -2.54. The molecule has 4 nitrogen and oxygen atoms in total. The highest BCUT2D eigenvalue weighted by molar-refractivity contribution is 7.80. The molecule has 0 aromatic carbocycles. The predicted octanol–water partition coefficient (Wildman–Crippen LogP) is 1.41. The highest BCUT2D eigenvalue weighted by Crippen LogP contribution is 2.30. The quantitative estimate of drug-likeness (QED) is 0.795. The largest absolute Gasteiger partial charge is 0.391 e. The Labute approximate surface area is 106 Å². The fourth-order valence-corrected chi connectivity index (χ4v) is 2.46. The van der Waals surface area contributed by atoms with Gasteiger partial charge in [-0.2, -0.15) is 0 Å². The molecule has 1 fully saturated rings. The molecule has 1 saturated carbocycles. The van der Waals surface area contributed by atoms with Crippen LogP contribution in [0.15, 0.2) is 24.5 Å². The smallest absolute Gasteiger partial charge is 0.252 e. The molecule has 90 valence electrons. The van der Waals surface area contributed by atoms with E-state index >= 15 is 0 Å². The number of nitrogens with zero attached hydrogens (tertiary/aromatic N) is 1. The van der Waals surface area contributed by atoms with Crippen LogP contribution in [0.5, 0.6) is 0 Å². The number of aromatic nitrogens is 1. The minimum Gasteiger partial charge on any atom is -0.391 e. The molecule has 1 aliphatic carbocycles. The average molecular weight is 249 g/mol. The van der Waals surface area contributed by atoms with Crippen molar-refractivity contribution < 1.29 is 4.79 Å². The third-order valence-corrected chi connectivity index (χ3v) is 3.61. The molecule has 0 bridgehead atoms. The van der Waals surface area contributed by atoms with Gasteiger partial charge in [0.2, 0.25) is 0 Å². The number of thiocarbonyl (C=S) groups is 1. The van der Waals surface area contributed by atoms with E-state index in [0.29, 0.717) is 10.6 Å². The predicted molar refractivity (Wildman–Crippen MR) is 69.7 cm³/mol. The van der Waals surface area contributed by atoms with Crippen LogP contribution >= 0.6 is 12.2 Å². The van der Waals surface area contributed by atoms with Crippen molar-refractivity contribution in [3.05, 3.63) is 30.1 Å². The molecule has 1 amide bonds. The van der Waals surface area contributed by atoms with Gasteiger partial charge in [-0.25, -0.2) is 0 Å². The van der Waals surface area contributed by atoms with Crippen molar-refractivity contribution in [3.8, 4) is 0 Å². The second-order valence-corrected chi connectivity index (χ2v) is 4.78. The second-order valence-electron chi connectivity index (χ2n) is 4.34. The molecule has 1 heterocycles. The molecule has 3 N–H and O–H groups in total. The van der Waals surface area contributed by atoms with Gasteiger partial charge in [0.25, 0.3) is 5.91 Å². The van der Waals surface area contributed by atoms with Gasteiger partial charge in [0, 0.05) is 18.0 Å². The third-order valence-electron chi connectivity index (χ3n) is 3.22. The summed E-state index contributed by atoms with van der Waals surface area (Å²) in [5, 5.41) is 2.98. The molecule has 5 heteroatoms. The van der Waals surface area contributed by atoms with Crippen LogP contribution in [0.4, 0.5) is 0 Å². The van der Waals surface area contributed by atoms with Crippen LogP contribution in [0.1, 0.15) is 36.0 Å². The molecule has 1 aromatic rings. The molecular formula is C12H15N3OS. The Balaban J connectivity index is 2.15. The molecule has 1 aromatic heterocycles. The topological polar surface area (TPSA) is 68.0 Å². The van der Waals surface area contributed by atoms with Gasteiger partial charge in [-0.05, 0) is 25.0 Å². The van der Waals surface area contributed by atoms with E-state index in [2.05, 4.69) is 10.3 Å². The standard InChI is InChI=1S/C12H15N3OS/c13-11(17)12(5-1-2-6-12)15-10(16)9-3-7-14-8-4-9/h3-4,7-8H,1-2,5-6H2,(H2,13,17)(H,15,16). The summed E-state index contributed by atoms with van der Waals surface area (Å²) in [6.45, 7) is 0. The maximum Gasteiger partial charge on any atom is 0.252 e. The van der Waals surface area contributed by atoms with Crippen molar-refractivity contribution in [1.29, 1.82) is 0 Å². The normalized spacial score (nSPS) is 17.6. The second kappa shape index (κ2) is 4.79. The summed E-state index contributed by atoms with van der Waals surface area (Å²) < 4.78 is 0. The molecule has 0 radical (unpaired) electrons. The summed E-state index contributed by atoms with van der Waals surface area (Å²) >= 11 is 5.09. The van der Waals surface area contributed by atoms with Crippen molar-refractivity contribution in [2.75, 3.05) is 0 Å². The van der Waals surface area contributed by atoms with Gasteiger partial charge < -0.3 is 11.1 Å². The van der Waals surface area contributed by atoms with E-state index in [1.54, 1.807) is 24.5 Å². The van der Waals surface area contributed by atoms with E-state index in [-0.39, 0.29) is 5.91 Å². The number of nitrogens with two attached hydrogens (primary N) is 1. The first-order valence-corrected chi connectivity index (χ1v) is 6.07. The van der Waals surface area contributed by atoms with Crippen LogP contribution in [-0.4, -0.2) is 21.4 Å². The number of nitrogens with one attached hydrogen (secondary N) is 1. The lowest BCUT2D eigenvalue weighted by atomic mass is 9.97. The van der Waals surface area contributed by atoms with E-state index in [4.69, 9.17) is 18.0 Å². The van der Waals surface area contributed by atoms with Gasteiger partial charge in [-0.3, -0.25) is 9.78 Å². The Hall–Kier alpha value is -1.49. The Kier molecular flexibility index (Phi) is 3.38. The van der Waals surface area contributed by atoms with Crippen LogP contribution in [0.3, 0.4) is 0 Å². The summed E-state index contributed by atoms with van der Waals surface area (Å²) in [4.78, 5) is 16.3. The summed E-state index contributed by atoms with van der Waals surface area (Å²) in [6, 6.07) is 3.36. The highest BCUT2D eigenvalue weighted by Gasteiger charge is 2.38. The molecule has 1 aliphatic rings. The zero-order valence-electron chi connectivity index (χ0n) is 9.48. The van der Waals surface area contributed by atoms with E-state index < -0.39 is 5.54 Å². The highest BCUT2D eigenvalue weighted by atomic mass is 32.1. The summed E-state index contributed by atoms with van der Waals surface area (Å²) in [6.07, 6.45) is 6.95. The SMILES string of the molecule is NC(=S)C1(NC(=O)c2ccncc2)CCCC1. The van der Waals surface area contributed by atoms with Crippen molar-refractivity contribution >= 4 is 23.1 Å². The van der Waals surface area contributed by atoms with Gasteiger partial charge in [-0.15, -0.1) is 0 Å². The van der Waals surface area contributed by atoms with E-state index in [1.807, 2.05) is 0 Å². The summed E-state index contributed by atoms with van der Waals surface area (Å²) in [5.41, 5.74) is 5.86. The van der Waals surface area contributed by atoms with Crippen LogP contribution in [0, 0.1) is 0 Å². The molecule has 0 spiro atoms. The minimum atomic E-state index is -0.490. The Morgan fingerprint density at radius 1 is 1.35 bits per heavy atom. The number of carbonyl (C=O) groups is 1. The van der Waals surface area contributed by atoms with E-state index in [9.17, 15) is 4.79 Å². The van der Waals surface area contributed by atoms with E-state index in [0.717, 1.165) is 25.7 Å². The fourth-order valence-electron chi connectivity index (χ4n) is 2.20. The summed E-state index contributed by atoms with van der Waals surface area (Å²) in [7, 11) is 0. The van der Waals surface area contributed by atoms with Crippen LogP contribution < -0.4 is 11.1 Å². The lowest BCUT2D eigenvalue weighted by molar-refractivity contribution is 0.0924. The minimum absolute atomic E-state index is 0.137. The monoisotopic (exact) mass is 249 g/mol. The molecule has 0 unspecified atom stereocenters. The Morgan fingerprint density at radius 3 is 2.47 bits per heavy atom. The third kappa shape index (κ3) is 2.44. The number of carbonyl (C=O) groups excluding carboxylic acids is 1. The lowest BCUT2D eigenvalue weighted by Gasteiger charge is -2.29. The molecule has 0 saturated heterocycles. The Bertz CT molecular complexity index is 427. The molecule has 0 aliphatic heterocycles. The Morgan fingerprint density at radius 2 is 1.94 bits per heavy atom. The van der Waals surface area contributed by atoms with Crippen LogP contribution in [0.2, 0.25) is 0 Å². The van der Waals surface area contributed by atoms with Crippen molar-refractivity contribution in [2.24, 2.45) is 5.73 Å². The van der Waals surface area contributed by atoms with Crippen molar-refractivity contribution in [2.45, 2.75) is 31.2 Å². The average Bonchev–Trinajstić information content (AvgIpc) is 2.80. The van der Waals surface area contributed by atoms with E-state index in [1.165, 1.54) is 0 Å². The van der Waals surface area contributed by atoms with Crippen LogP contribution in [0.25, 0.3) is 0 Å². The first kappa shape index (κ1) is 12.0. The first-order chi connectivity index (χ1) is 8.14. The van der Waals surface area contributed by atoms with Crippen molar-refractivity contribution in [3.63, 3.8) is 0 Å². The van der Waals surface area contributed by atoms with Gasteiger partial charge in [0.1, 0.15) is 0 Å². The number of hydrogen-bond donors (Lipinski definition) is 2. The molecule has 2 rings (SSSR count). The number of amides is 1. The molecular weight excluding hydrogens is 234 g/mol. The van der Waals surface area contributed by atoms with Crippen molar-refractivity contribution in [1.82, 2.24) is 10.3 Å². The number of pyridine rings is 1.